The number of amides is 1. The largest absolute Gasteiger partial charge is 0.355 e. The van der Waals surface area contributed by atoms with Crippen molar-refractivity contribution in [3.05, 3.63) is 52.5 Å². The molecule has 0 bridgehead atoms. The summed E-state index contributed by atoms with van der Waals surface area (Å²) in [6.07, 6.45) is 1.17. The van der Waals surface area contributed by atoms with Gasteiger partial charge in [-0.1, -0.05) is 18.2 Å². The van der Waals surface area contributed by atoms with Crippen LogP contribution in [0.25, 0.3) is 11.0 Å². The zero-order valence-electron chi connectivity index (χ0n) is 10.9. The minimum absolute atomic E-state index is 0.0589. The number of carbonyl (C=O) groups excluding carboxylic acids is 1. The first kappa shape index (κ1) is 12.9. The van der Waals surface area contributed by atoms with Crippen molar-refractivity contribution < 1.29 is 4.79 Å². The summed E-state index contributed by atoms with van der Waals surface area (Å²) in [4.78, 5) is 20.6. The standard InChI is InChI=1S/C15H15N3OS/c19-15(10-11-4-3-9-20-11)16-8-7-14-17-12-5-1-2-6-13(12)18-14/h1-6,9H,7-8,10H2,(H,16,19)(H,17,18). The summed E-state index contributed by atoms with van der Waals surface area (Å²) >= 11 is 1.60. The van der Waals surface area contributed by atoms with Gasteiger partial charge in [0.15, 0.2) is 0 Å². The number of aromatic nitrogens is 2. The summed E-state index contributed by atoms with van der Waals surface area (Å²) in [5.74, 6) is 0.964. The van der Waals surface area contributed by atoms with E-state index in [1.807, 2.05) is 41.8 Å². The first-order valence-electron chi connectivity index (χ1n) is 6.54. The number of nitrogens with zero attached hydrogens (tertiary/aromatic N) is 1. The molecule has 102 valence electrons. The van der Waals surface area contributed by atoms with Gasteiger partial charge in [0.1, 0.15) is 5.82 Å². The van der Waals surface area contributed by atoms with Crippen LogP contribution in [0.2, 0.25) is 0 Å². The van der Waals surface area contributed by atoms with Crippen molar-refractivity contribution in [1.29, 1.82) is 0 Å². The Balaban J connectivity index is 1.51. The molecule has 0 aliphatic carbocycles. The first-order chi connectivity index (χ1) is 9.81. The molecule has 0 saturated heterocycles. The number of hydrogen-bond acceptors (Lipinski definition) is 3. The molecule has 0 fully saturated rings. The van der Waals surface area contributed by atoms with Crippen LogP contribution in [0.1, 0.15) is 10.7 Å². The molecule has 4 nitrogen and oxygen atoms in total. The molecular formula is C15H15N3OS. The van der Waals surface area contributed by atoms with Crippen LogP contribution in [-0.4, -0.2) is 22.4 Å². The van der Waals surface area contributed by atoms with Gasteiger partial charge in [-0.3, -0.25) is 4.79 Å². The molecule has 20 heavy (non-hydrogen) atoms. The minimum Gasteiger partial charge on any atom is -0.355 e. The smallest absolute Gasteiger partial charge is 0.225 e. The van der Waals surface area contributed by atoms with Crippen LogP contribution >= 0.6 is 11.3 Å². The number of para-hydroxylation sites is 2. The number of H-pyrrole nitrogens is 1. The van der Waals surface area contributed by atoms with E-state index in [0.717, 1.165) is 21.7 Å². The molecule has 0 spiro atoms. The van der Waals surface area contributed by atoms with Crippen molar-refractivity contribution in [2.75, 3.05) is 6.54 Å². The predicted octanol–water partition coefficient (Wildman–Crippen LogP) is 2.53. The minimum atomic E-state index is 0.0589. The zero-order valence-corrected chi connectivity index (χ0v) is 11.7. The topological polar surface area (TPSA) is 57.8 Å². The second-order valence-corrected chi connectivity index (χ2v) is 5.59. The Hall–Kier alpha value is -2.14. The van der Waals surface area contributed by atoms with Gasteiger partial charge >= 0.3 is 0 Å². The molecule has 0 aliphatic rings. The van der Waals surface area contributed by atoms with Crippen LogP contribution in [0.4, 0.5) is 0 Å². The molecule has 0 unspecified atom stereocenters. The SMILES string of the molecule is O=C(Cc1cccs1)NCCc1nc2ccccc2[nH]1. The Morgan fingerprint density at radius 3 is 2.95 bits per heavy atom. The number of fused-ring (bicyclic) bond motifs is 1. The zero-order chi connectivity index (χ0) is 13.8. The second kappa shape index (κ2) is 5.88. The molecule has 0 radical (unpaired) electrons. The van der Waals surface area contributed by atoms with Gasteiger partial charge in [-0.15, -0.1) is 11.3 Å². The molecule has 2 aromatic heterocycles. The summed E-state index contributed by atoms with van der Waals surface area (Å²) in [5, 5.41) is 4.90. The molecule has 2 heterocycles. The Kier molecular flexibility index (Phi) is 3.78. The molecule has 1 aromatic carbocycles. The number of aromatic amines is 1. The molecular weight excluding hydrogens is 270 g/mol. The van der Waals surface area contributed by atoms with Crippen LogP contribution in [0.5, 0.6) is 0 Å². The molecule has 3 aromatic rings. The maximum Gasteiger partial charge on any atom is 0.225 e. The fourth-order valence-electron chi connectivity index (χ4n) is 2.08. The highest BCUT2D eigenvalue weighted by atomic mass is 32.1. The van der Waals surface area contributed by atoms with Gasteiger partial charge in [0.25, 0.3) is 0 Å². The fraction of sp³-hybridized carbons (Fsp3) is 0.200. The van der Waals surface area contributed by atoms with E-state index in [2.05, 4.69) is 15.3 Å². The molecule has 3 rings (SSSR count). The molecule has 0 saturated carbocycles. The summed E-state index contributed by atoms with van der Waals surface area (Å²) < 4.78 is 0. The number of thiophene rings is 1. The van der Waals surface area contributed by atoms with Crippen LogP contribution in [0, 0.1) is 0 Å². The molecule has 5 heteroatoms. The summed E-state index contributed by atoms with van der Waals surface area (Å²) in [6.45, 7) is 0.601. The van der Waals surface area contributed by atoms with E-state index in [0.29, 0.717) is 19.4 Å². The van der Waals surface area contributed by atoms with Crippen molar-refractivity contribution in [3.8, 4) is 0 Å². The third-order valence-electron chi connectivity index (χ3n) is 3.04. The van der Waals surface area contributed by atoms with Gasteiger partial charge in [-0.25, -0.2) is 4.98 Å². The maximum absolute atomic E-state index is 11.7. The van der Waals surface area contributed by atoms with Gasteiger partial charge in [0, 0.05) is 17.8 Å². The Bertz CT molecular complexity index is 670. The van der Waals surface area contributed by atoms with Gasteiger partial charge in [0.05, 0.1) is 17.5 Å². The lowest BCUT2D eigenvalue weighted by atomic mass is 10.3. The monoisotopic (exact) mass is 285 g/mol. The Morgan fingerprint density at radius 1 is 1.25 bits per heavy atom. The van der Waals surface area contributed by atoms with Gasteiger partial charge in [-0.2, -0.15) is 0 Å². The normalized spacial score (nSPS) is 10.8. The van der Waals surface area contributed by atoms with Crippen LogP contribution < -0.4 is 5.32 Å². The molecule has 0 atom stereocenters. The van der Waals surface area contributed by atoms with Crippen molar-refractivity contribution in [1.82, 2.24) is 15.3 Å². The Morgan fingerprint density at radius 2 is 2.15 bits per heavy atom. The average Bonchev–Trinajstić information content (AvgIpc) is 3.07. The van der Waals surface area contributed by atoms with Gasteiger partial charge < -0.3 is 10.3 Å². The van der Waals surface area contributed by atoms with E-state index in [4.69, 9.17) is 0 Å². The van der Waals surface area contributed by atoms with E-state index in [1.54, 1.807) is 11.3 Å². The highest BCUT2D eigenvalue weighted by molar-refractivity contribution is 7.10. The number of imidazole rings is 1. The van der Waals surface area contributed by atoms with Gasteiger partial charge in [0.2, 0.25) is 5.91 Å². The highest BCUT2D eigenvalue weighted by Gasteiger charge is 2.05. The Labute approximate surface area is 120 Å². The number of nitrogens with one attached hydrogen (secondary N) is 2. The van der Waals surface area contributed by atoms with E-state index < -0.39 is 0 Å². The van der Waals surface area contributed by atoms with Crippen LogP contribution in [0.15, 0.2) is 41.8 Å². The lowest BCUT2D eigenvalue weighted by molar-refractivity contribution is -0.120. The maximum atomic E-state index is 11.7. The van der Waals surface area contributed by atoms with E-state index >= 15 is 0 Å². The van der Waals surface area contributed by atoms with Crippen molar-refractivity contribution in [3.63, 3.8) is 0 Å². The van der Waals surface area contributed by atoms with E-state index in [-0.39, 0.29) is 5.91 Å². The molecule has 1 amide bonds. The summed E-state index contributed by atoms with van der Waals surface area (Å²) in [6, 6.07) is 11.9. The number of carbonyl (C=O) groups is 1. The predicted molar refractivity (Wildman–Crippen MR) is 80.8 cm³/mol. The second-order valence-electron chi connectivity index (χ2n) is 4.56. The quantitative estimate of drug-likeness (QED) is 0.757. The number of benzene rings is 1. The van der Waals surface area contributed by atoms with Crippen LogP contribution in [0.3, 0.4) is 0 Å². The third-order valence-corrected chi connectivity index (χ3v) is 3.91. The van der Waals surface area contributed by atoms with E-state index in [1.165, 1.54) is 0 Å². The first-order valence-corrected chi connectivity index (χ1v) is 7.42. The fourth-order valence-corrected chi connectivity index (χ4v) is 2.78. The third kappa shape index (κ3) is 3.05. The number of rotatable bonds is 5. The molecule has 0 aliphatic heterocycles. The lowest BCUT2D eigenvalue weighted by Crippen LogP contribution is -2.27. The van der Waals surface area contributed by atoms with E-state index in [9.17, 15) is 4.79 Å². The molecule has 2 N–H and O–H groups in total. The average molecular weight is 285 g/mol. The van der Waals surface area contributed by atoms with Crippen molar-refractivity contribution in [2.24, 2.45) is 0 Å². The lowest BCUT2D eigenvalue weighted by Gasteiger charge is -2.02. The highest BCUT2D eigenvalue weighted by Crippen LogP contribution is 2.10. The summed E-state index contributed by atoms with van der Waals surface area (Å²) in [7, 11) is 0. The number of hydrogen-bond donors (Lipinski definition) is 2. The summed E-state index contributed by atoms with van der Waals surface area (Å²) in [5.41, 5.74) is 2.00. The van der Waals surface area contributed by atoms with Crippen LogP contribution in [-0.2, 0) is 17.6 Å². The van der Waals surface area contributed by atoms with Crippen molar-refractivity contribution in [2.45, 2.75) is 12.8 Å². The van der Waals surface area contributed by atoms with Crippen molar-refractivity contribution >= 4 is 28.3 Å². The van der Waals surface area contributed by atoms with Gasteiger partial charge in [-0.05, 0) is 23.6 Å².